The lowest BCUT2D eigenvalue weighted by Gasteiger charge is -2.24. The van der Waals surface area contributed by atoms with E-state index >= 15 is 0 Å². The minimum Gasteiger partial charge on any atom is -0.369 e. The molecule has 0 aromatic heterocycles. The zero-order chi connectivity index (χ0) is 10.1. The number of hydrogen-bond acceptors (Lipinski definition) is 1. The molecule has 0 spiro atoms. The molecule has 1 heterocycles. The average molecular weight is 254 g/mol. The normalized spacial score (nSPS) is 21.6. The molecule has 1 fully saturated rings. The maximum Gasteiger partial charge on any atom is 0.0382 e. The molecule has 0 bridgehead atoms. The van der Waals surface area contributed by atoms with Crippen molar-refractivity contribution in [1.82, 2.24) is 0 Å². The van der Waals surface area contributed by atoms with Crippen molar-refractivity contribution in [2.24, 2.45) is 0 Å². The smallest absolute Gasteiger partial charge is 0.0382 e. The zero-order valence-corrected chi connectivity index (χ0v) is 10.3. The second-order valence-electron chi connectivity index (χ2n) is 4.17. The van der Waals surface area contributed by atoms with Crippen molar-refractivity contribution in [2.45, 2.75) is 32.7 Å². The van der Waals surface area contributed by atoms with Gasteiger partial charge in [0.15, 0.2) is 0 Å². The highest BCUT2D eigenvalue weighted by Crippen LogP contribution is 2.28. The van der Waals surface area contributed by atoms with Gasteiger partial charge >= 0.3 is 0 Å². The van der Waals surface area contributed by atoms with Gasteiger partial charge in [0, 0.05) is 22.7 Å². The fraction of sp³-hybridized carbons (Fsp3) is 0.500. The third-order valence-corrected chi connectivity index (χ3v) is 3.37. The summed E-state index contributed by atoms with van der Waals surface area (Å²) in [7, 11) is 0. The van der Waals surface area contributed by atoms with Gasteiger partial charge in [-0.15, -0.1) is 0 Å². The largest absolute Gasteiger partial charge is 0.369 e. The molecule has 0 N–H and O–H groups in total. The molecule has 1 atom stereocenters. The highest BCUT2D eigenvalue weighted by molar-refractivity contribution is 9.10. The van der Waals surface area contributed by atoms with E-state index in [1.807, 2.05) is 0 Å². The molecule has 14 heavy (non-hydrogen) atoms. The van der Waals surface area contributed by atoms with E-state index in [1.165, 1.54) is 35.1 Å². The molecule has 1 aliphatic rings. The Kier molecular flexibility index (Phi) is 2.82. The van der Waals surface area contributed by atoms with Crippen LogP contribution in [-0.2, 0) is 0 Å². The van der Waals surface area contributed by atoms with Gasteiger partial charge in [-0.1, -0.05) is 15.9 Å². The first-order chi connectivity index (χ1) is 6.66. The van der Waals surface area contributed by atoms with Crippen LogP contribution in [-0.4, -0.2) is 12.6 Å². The molecule has 76 valence electrons. The molecule has 0 amide bonds. The van der Waals surface area contributed by atoms with Crippen molar-refractivity contribution in [3.63, 3.8) is 0 Å². The number of aryl methyl sites for hydroxylation is 1. The fourth-order valence-electron chi connectivity index (χ4n) is 2.20. The SMILES string of the molecule is Cc1cc(Br)cc(N2CCCC2C)c1. The van der Waals surface area contributed by atoms with Gasteiger partial charge in [-0.25, -0.2) is 0 Å². The summed E-state index contributed by atoms with van der Waals surface area (Å²) in [5.41, 5.74) is 2.69. The third-order valence-electron chi connectivity index (χ3n) is 2.91. The fourth-order valence-corrected chi connectivity index (χ4v) is 2.80. The summed E-state index contributed by atoms with van der Waals surface area (Å²) in [5, 5.41) is 0. The molecule has 1 nitrogen and oxygen atoms in total. The highest BCUT2D eigenvalue weighted by atomic mass is 79.9. The second-order valence-corrected chi connectivity index (χ2v) is 5.09. The van der Waals surface area contributed by atoms with E-state index < -0.39 is 0 Å². The van der Waals surface area contributed by atoms with E-state index in [0.717, 1.165) is 0 Å². The number of nitrogens with zero attached hydrogens (tertiary/aromatic N) is 1. The summed E-state index contributed by atoms with van der Waals surface area (Å²) in [6.45, 7) is 5.66. The highest BCUT2D eigenvalue weighted by Gasteiger charge is 2.20. The summed E-state index contributed by atoms with van der Waals surface area (Å²) in [6.07, 6.45) is 2.65. The van der Waals surface area contributed by atoms with Gasteiger partial charge in [-0.3, -0.25) is 0 Å². The summed E-state index contributed by atoms with van der Waals surface area (Å²) in [6, 6.07) is 7.34. The van der Waals surface area contributed by atoms with E-state index in [4.69, 9.17) is 0 Å². The average Bonchev–Trinajstić information content (AvgIpc) is 2.49. The Balaban J connectivity index is 2.31. The number of halogens is 1. The monoisotopic (exact) mass is 253 g/mol. The van der Waals surface area contributed by atoms with Gasteiger partial charge in [-0.2, -0.15) is 0 Å². The Hall–Kier alpha value is -0.500. The molecule has 1 unspecified atom stereocenters. The Labute approximate surface area is 94.2 Å². The van der Waals surface area contributed by atoms with Crippen LogP contribution in [0.25, 0.3) is 0 Å². The van der Waals surface area contributed by atoms with Gasteiger partial charge in [0.05, 0.1) is 0 Å². The van der Waals surface area contributed by atoms with Crippen LogP contribution in [0.4, 0.5) is 5.69 Å². The Morgan fingerprint density at radius 2 is 2.14 bits per heavy atom. The number of anilines is 1. The molecule has 1 aromatic carbocycles. The van der Waals surface area contributed by atoms with Crippen LogP contribution in [0.5, 0.6) is 0 Å². The van der Waals surface area contributed by atoms with Crippen LogP contribution < -0.4 is 4.90 Å². The lowest BCUT2D eigenvalue weighted by molar-refractivity contribution is 0.735. The van der Waals surface area contributed by atoms with Gasteiger partial charge in [0.1, 0.15) is 0 Å². The van der Waals surface area contributed by atoms with E-state index in [-0.39, 0.29) is 0 Å². The maximum absolute atomic E-state index is 3.55. The molecule has 0 radical (unpaired) electrons. The predicted molar refractivity (Wildman–Crippen MR) is 64.9 cm³/mol. The molecular formula is C12H16BrN. The summed E-state index contributed by atoms with van der Waals surface area (Å²) in [4.78, 5) is 2.50. The third kappa shape index (κ3) is 1.95. The first kappa shape index (κ1) is 10.0. The Morgan fingerprint density at radius 3 is 2.71 bits per heavy atom. The molecule has 0 saturated carbocycles. The number of hydrogen-bond donors (Lipinski definition) is 0. The maximum atomic E-state index is 3.55. The standard InChI is InChI=1S/C12H16BrN/c1-9-6-11(13)8-12(7-9)14-5-3-4-10(14)2/h6-8,10H,3-5H2,1-2H3. The van der Waals surface area contributed by atoms with Crippen molar-refractivity contribution < 1.29 is 0 Å². The van der Waals surface area contributed by atoms with E-state index in [9.17, 15) is 0 Å². The number of rotatable bonds is 1. The first-order valence-electron chi connectivity index (χ1n) is 5.20. The van der Waals surface area contributed by atoms with Crippen molar-refractivity contribution in [1.29, 1.82) is 0 Å². The minimum absolute atomic E-state index is 0.698. The second kappa shape index (κ2) is 3.93. The van der Waals surface area contributed by atoms with Crippen LogP contribution in [0, 0.1) is 6.92 Å². The first-order valence-corrected chi connectivity index (χ1v) is 6.00. The van der Waals surface area contributed by atoms with Crippen LogP contribution >= 0.6 is 15.9 Å². The molecule has 1 aromatic rings. The van der Waals surface area contributed by atoms with Crippen LogP contribution in [0.2, 0.25) is 0 Å². The van der Waals surface area contributed by atoms with Crippen molar-refractivity contribution in [3.8, 4) is 0 Å². The minimum atomic E-state index is 0.698. The summed E-state index contributed by atoms with van der Waals surface area (Å²) >= 11 is 3.55. The van der Waals surface area contributed by atoms with Crippen LogP contribution in [0.15, 0.2) is 22.7 Å². The van der Waals surface area contributed by atoms with E-state index in [1.54, 1.807) is 0 Å². The van der Waals surface area contributed by atoms with E-state index in [0.29, 0.717) is 6.04 Å². The van der Waals surface area contributed by atoms with Gasteiger partial charge < -0.3 is 4.90 Å². The van der Waals surface area contributed by atoms with Crippen LogP contribution in [0.1, 0.15) is 25.3 Å². The van der Waals surface area contributed by atoms with Crippen molar-refractivity contribution in [2.75, 3.05) is 11.4 Å². The van der Waals surface area contributed by atoms with Gasteiger partial charge in [0.25, 0.3) is 0 Å². The number of benzene rings is 1. The van der Waals surface area contributed by atoms with Gasteiger partial charge in [-0.05, 0) is 50.5 Å². The molecule has 2 rings (SSSR count). The molecule has 1 aliphatic heterocycles. The summed E-state index contributed by atoms with van der Waals surface area (Å²) < 4.78 is 1.19. The molecular weight excluding hydrogens is 238 g/mol. The quantitative estimate of drug-likeness (QED) is 0.737. The van der Waals surface area contributed by atoms with Crippen molar-refractivity contribution >= 4 is 21.6 Å². The Bertz CT molecular complexity index is 315. The van der Waals surface area contributed by atoms with Gasteiger partial charge in [0.2, 0.25) is 0 Å². The van der Waals surface area contributed by atoms with Crippen LogP contribution in [0.3, 0.4) is 0 Å². The van der Waals surface area contributed by atoms with E-state index in [2.05, 4.69) is 52.9 Å². The summed E-state index contributed by atoms with van der Waals surface area (Å²) in [5.74, 6) is 0. The molecule has 0 aliphatic carbocycles. The molecule has 1 saturated heterocycles. The zero-order valence-electron chi connectivity index (χ0n) is 8.76. The molecule has 2 heteroatoms. The Morgan fingerprint density at radius 1 is 1.36 bits per heavy atom. The lowest BCUT2D eigenvalue weighted by Crippen LogP contribution is -2.26. The lowest BCUT2D eigenvalue weighted by atomic mass is 10.2. The topological polar surface area (TPSA) is 3.24 Å². The van der Waals surface area contributed by atoms with Crippen molar-refractivity contribution in [3.05, 3.63) is 28.2 Å². The predicted octanol–water partition coefficient (Wildman–Crippen LogP) is 3.75.